The molecule has 1 fully saturated rings. The first kappa shape index (κ1) is 12.1. The molecule has 1 saturated heterocycles. The van der Waals surface area contributed by atoms with Crippen molar-refractivity contribution in [1.29, 1.82) is 0 Å². The van der Waals surface area contributed by atoms with Crippen molar-refractivity contribution in [2.45, 2.75) is 32.3 Å². The first-order chi connectivity index (χ1) is 7.98. The third-order valence-corrected chi connectivity index (χ3v) is 3.29. The summed E-state index contributed by atoms with van der Waals surface area (Å²) in [5, 5.41) is 10.1. The summed E-state index contributed by atoms with van der Waals surface area (Å²) in [6.45, 7) is 5.02. The molecule has 0 radical (unpaired) electrons. The lowest BCUT2D eigenvalue weighted by Crippen LogP contribution is -2.46. The van der Waals surface area contributed by atoms with Crippen LogP contribution >= 0.6 is 0 Å². The van der Waals surface area contributed by atoms with Crippen LogP contribution < -0.4 is 4.90 Å². The minimum atomic E-state index is -0.621. The van der Waals surface area contributed by atoms with Crippen LogP contribution in [-0.4, -0.2) is 29.6 Å². The molecule has 1 aliphatic rings. The van der Waals surface area contributed by atoms with Gasteiger partial charge in [0.05, 0.1) is 5.60 Å². The molecule has 3 heteroatoms. The highest BCUT2D eigenvalue weighted by atomic mass is 16.3. The topological polar surface area (TPSA) is 40.5 Å². The second-order valence-electron chi connectivity index (χ2n) is 5.13. The highest BCUT2D eigenvalue weighted by Crippen LogP contribution is 2.26. The molecule has 17 heavy (non-hydrogen) atoms. The van der Waals surface area contributed by atoms with Crippen LogP contribution in [-0.2, 0) is 0 Å². The molecule has 3 nitrogen and oxygen atoms in total. The Hall–Kier alpha value is -1.35. The quantitative estimate of drug-likeness (QED) is 0.796. The molecule has 0 saturated carbocycles. The second kappa shape index (κ2) is 4.49. The Morgan fingerprint density at radius 3 is 2.88 bits per heavy atom. The van der Waals surface area contributed by atoms with E-state index < -0.39 is 5.60 Å². The SMILES string of the molecule is CC(=O)c1cccc(N2CCCC(C)(O)C2)c1. The third kappa shape index (κ3) is 2.86. The smallest absolute Gasteiger partial charge is 0.159 e. The summed E-state index contributed by atoms with van der Waals surface area (Å²) in [6.07, 6.45) is 1.83. The maximum absolute atomic E-state index is 11.3. The fourth-order valence-electron chi connectivity index (χ4n) is 2.36. The molecule has 0 aromatic heterocycles. The lowest BCUT2D eigenvalue weighted by Gasteiger charge is -2.38. The van der Waals surface area contributed by atoms with Crippen molar-refractivity contribution in [2.75, 3.05) is 18.0 Å². The molecule has 1 N–H and O–H groups in total. The zero-order valence-electron chi connectivity index (χ0n) is 10.4. The Balaban J connectivity index is 2.22. The molecule has 1 aliphatic heterocycles. The summed E-state index contributed by atoms with van der Waals surface area (Å²) >= 11 is 0. The zero-order valence-corrected chi connectivity index (χ0v) is 10.4. The van der Waals surface area contributed by atoms with E-state index >= 15 is 0 Å². The van der Waals surface area contributed by atoms with Gasteiger partial charge in [-0.3, -0.25) is 4.79 Å². The van der Waals surface area contributed by atoms with Crippen LogP contribution in [0.2, 0.25) is 0 Å². The summed E-state index contributed by atoms with van der Waals surface area (Å²) in [7, 11) is 0. The van der Waals surface area contributed by atoms with Gasteiger partial charge in [0.25, 0.3) is 0 Å². The van der Waals surface area contributed by atoms with Crippen LogP contribution in [0, 0.1) is 0 Å². The summed E-state index contributed by atoms with van der Waals surface area (Å²) in [5.41, 5.74) is 1.13. The average Bonchev–Trinajstić information content (AvgIpc) is 2.28. The molecule has 92 valence electrons. The number of carbonyl (C=O) groups is 1. The van der Waals surface area contributed by atoms with E-state index in [0.717, 1.165) is 30.6 Å². The van der Waals surface area contributed by atoms with Gasteiger partial charge in [-0.2, -0.15) is 0 Å². The van der Waals surface area contributed by atoms with E-state index in [9.17, 15) is 9.90 Å². The van der Waals surface area contributed by atoms with E-state index in [4.69, 9.17) is 0 Å². The van der Waals surface area contributed by atoms with Gasteiger partial charge in [-0.25, -0.2) is 0 Å². The standard InChI is InChI=1S/C14H19NO2/c1-11(16)12-5-3-6-13(9-12)15-8-4-7-14(2,17)10-15/h3,5-6,9,17H,4,7-8,10H2,1-2H3. The molecule has 0 bridgehead atoms. The number of hydrogen-bond acceptors (Lipinski definition) is 3. The lowest BCUT2D eigenvalue weighted by atomic mass is 9.94. The average molecular weight is 233 g/mol. The van der Waals surface area contributed by atoms with Gasteiger partial charge in [-0.15, -0.1) is 0 Å². The number of rotatable bonds is 2. The fraction of sp³-hybridized carbons (Fsp3) is 0.500. The second-order valence-corrected chi connectivity index (χ2v) is 5.13. The number of β-amino-alcohol motifs (C(OH)–C–C–N with tert-alkyl or cyclic N) is 1. The van der Waals surface area contributed by atoms with Crippen molar-refractivity contribution < 1.29 is 9.90 Å². The molecule has 1 heterocycles. The van der Waals surface area contributed by atoms with Crippen LogP contribution in [0.15, 0.2) is 24.3 Å². The Morgan fingerprint density at radius 1 is 1.47 bits per heavy atom. The maximum atomic E-state index is 11.3. The number of nitrogens with zero attached hydrogens (tertiary/aromatic N) is 1. The predicted octanol–water partition coefficient (Wildman–Crippen LogP) is 2.24. The molecule has 0 aliphatic carbocycles. The van der Waals surface area contributed by atoms with E-state index in [-0.39, 0.29) is 5.78 Å². The maximum Gasteiger partial charge on any atom is 0.159 e. The van der Waals surface area contributed by atoms with E-state index in [2.05, 4.69) is 4.90 Å². The number of ketones is 1. The molecule has 0 amide bonds. The highest BCUT2D eigenvalue weighted by Gasteiger charge is 2.28. The third-order valence-electron chi connectivity index (χ3n) is 3.29. The highest BCUT2D eigenvalue weighted by molar-refractivity contribution is 5.94. The number of benzene rings is 1. The van der Waals surface area contributed by atoms with Gasteiger partial charge in [0.15, 0.2) is 5.78 Å². The molecular weight excluding hydrogens is 214 g/mol. The van der Waals surface area contributed by atoms with Gasteiger partial charge in [0.2, 0.25) is 0 Å². The Morgan fingerprint density at radius 2 is 2.24 bits per heavy atom. The van der Waals surface area contributed by atoms with Crippen LogP contribution in [0.5, 0.6) is 0 Å². The van der Waals surface area contributed by atoms with E-state index in [0.29, 0.717) is 6.54 Å². The Bertz CT molecular complexity index is 426. The van der Waals surface area contributed by atoms with E-state index in [1.807, 2.05) is 31.2 Å². The van der Waals surface area contributed by atoms with Crippen molar-refractivity contribution in [1.82, 2.24) is 0 Å². The first-order valence-corrected chi connectivity index (χ1v) is 6.06. The van der Waals surface area contributed by atoms with Gasteiger partial charge in [0, 0.05) is 24.3 Å². The predicted molar refractivity (Wildman–Crippen MR) is 68.5 cm³/mol. The van der Waals surface area contributed by atoms with Gasteiger partial charge in [0.1, 0.15) is 0 Å². The van der Waals surface area contributed by atoms with Crippen LogP contribution in [0.1, 0.15) is 37.0 Å². The largest absolute Gasteiger partial charge is 0.388 e. The summed E-state index contributed by atoms with van der Waals surface area (Å²) in [4.78, 5) is 13.5. The fourth-order valence-corrected chi connectivity index (χ4v) is 2.36. The number of aliphatic hydroxyl groups is 1. The van der Waals surface area contributed by atoms with Crippen molar-refractivity contribution in [3.8, 4) is 0 Å². The van der Waals surface area contributed by atoms with Crippen molar-refractivity contribution in [3.63, 3.8) is 0 Å². The molecule has 1 aromatic carbocycles. The molecule has 1 unspecified atom stereocenters. The Labute approximate surface area is 102 Å². The number of carbonyl (C=O) groups excluding carboxylic acids is 1. The lowest BCUT2D eigenvalue weighted by molar-refractivity contribution is 0.0449. The van der Waals surface area contributed by atoms with E-state index in [1.165, 1.54) is 0 Å². The van der Waals surface area contributed by atoms with Gasteiger partial charge < -0.3 is 10.0 Å². The van der Waals surface area contributed by atoms with Crippen LogP contribution in [0.25, 0.3) is 0 Å². The van der Waals surface area contributed by atoms with Crippen molar-refractivity contribution in [3.05, 3.63) is 29.8 Å². The minimum absolute atomic E-state index is 0.0793. The van der Waals surface area contributed by atoms with Crippen molar-refractivity contribution >= 4 is 11.5 Å². The van der Waals surface area contributed by atoms with Crippen LogP contribution in [0.4, 0.5) is 5.69 Å². The monoisotopic (exact) mass is 233 g/mol. The molecule has 0 spiro atoms. The molecule has 2 rings (SSSR count). The molecular formula is C14H19NO2. The zero-order chi connectivity index (χ0) is 12.5. The molecule has 1 atom stereocenters. The number of anilines is 1. The summed E-state index contributed by atoms with van der Waals surface area (Å²) < 4.78 is 0. The minimum Gasteiger partial charge on any atom is -0.388 e. The number of hydrogen-bond donors (Lipinski definition) is 1. The van der Waals surface area contributed by atoms with Gasteiger partial charge in [-0.1, -0.05) is 12.1 Å². The van der Waals surface area contributed by atoms with Crippen LogP contribution in [0.3, 0.4) is 0 Å². The van der Waals surface area contributed by atoms with Crippen molar-refractivity contribution in [2.24, 2.45) is 0 Å². The normalized spacial score (nSPS) is 24.8. The molecule has 1 aromatic rings. The Kier molecular flexibility index (Phi) is 3.20. The van der Waals surface area contributed by atoms with E-state index in [1.54, 1.807) is 6.92 Å². The first-order valence-electron chi connectivity index (χ1n) is 6.06. The van der Waals surface area contributed by atoms with Gasteiger partial charge in [-0.05, 0) is 38.8 Å². The van der Waals surface area contributed by atoms with Gasteiger partial charge >= 0.3 is 0 Å². The summed E-state index contributed by atoms with van der Waals surface area (Å²) in [6, 6.07) is 7.63. The number of piperidine rings is 1. The number of Topliss-reactive ketones (excluding diaryl/α,β-unsaturated/α-hetero) is 1. The summed E-state index contributed by atoms with van der Waals surface area (Å²) in [5.74, 6) is 0.0793.